The lowest BCUT2D eigenvalue weighted by molar-refractivity contribution is 0.423. The first-order chi connectivity index (χ1) is 6.53. The average molecular weight is 191 g/mol. The maximum atomic E-state index is 3.51. The zero-order valence-corrected chi connectivity index (χ0v) is 9.72. The van der Waals surface area contributed by atoms with E-state index in [4.69, 9.17) is 0 Å². The minimum absolute atomic E-state index is 0.195. The molecule has 0 atom stereocenters. The Morgan fingerprint density at radius 2 is 1.64 bits per heavy atom. The van der Waals surface area contributed by atoms with E-state index in [1.165, 1.54) is 11.1 Å². The summed E-state index contributed by atoms with van der Waals surface area (Å²) in [7, 11) is 0. The van der Waals surface area contributed by atoms with E-state index in [9.17, 15) is 0 Å². The molecule has 1 nitrogen and oxygen atoms in total. The highest BCUT2D eigenvalue weighted by Gasteiger charge is 2.09. The molecule has 1 rings (SSSR count). The molecule has 1 heteroatoms. The molecule has 0 aromatic heterocycles. The van der Waals surface area contributed by atoms with E-state index in [1.54, 1.807) is 0 Å². The molecule has 78 valence electrons. The largest absolute Gasteiger partial charge is 0.308 e. The molecule has 0 spiro atoms. The molecule has 0 radical (unpaired) electrons. The molecular weight excluding hydrogens is 170 g/mol. The fraction of sp³-hybridized carbons (Fsp3) is 0.538. The fourth-order valence-corrected chi connectivity index (χ4v) is 1.44. The van der Waals surface area contributed by atoms with Gasteiger partial charge in [-0.2, -0.15) is 0 Å². The molecular formula is C13H21N. The number of nitrogens with one attached hydrogen (secondary N) is 1. The Morgan fingerprint density at radius 3 is 2.14 bits per heavy atom. The summed E-state index contributed by atoms with van der Waals surface area (Å²) in [6.07, 6.45) is 1.11. The first-order valence-electron chi connectivity index (χ1n) is 5.35. The van der Waals surface area contributed by atoms with Crippen molar-refractivity contribution in [2.75, 3.05) is 0 Å². The molecule has 0 heterocycles. The SMILES string of the molecule is CCc1ccccc1CNC(C)(C)C. The molecule has 1 N–H and O–H groups in total. The summed E-state index contributed by atoms with van der Waals surface area (Å²) >= 11 is 0. The van der Waals surface area contributed by atoms with Gasteiger partial charge in [0.2, 0.25) is 0 Å². The van der Waals surface area contributed by atoms with Gasteiger partial charge in [-0.3, -0.25) is 0 Å². The molecule has 0 aliphatic heterocycles. The summed E-state index contributed by atoms with van der Waals surface area (Å²) in [4.78, 5) is 0. The molecule has 0 saturated carbocycles. The second-order valence-electron chi connectivity index (χ2n) is 4.73. The Balaban J connectivity index is 2.67. The van der Waals surface area contributed by atoms with Crippen molar-refractivity contribution in [1.82, 2.24) is 5.32 Å². The number of benzene rings is 1. The van der Waals surface area contributed by atoms with Gasteiger partial charge in [-0.1, -0.05) is 31.2 Å². The predicted octanol–water partition coefficient (Wildman–Crippen LogP) is 3.14. The van der Waals surface area contributed by atoms with Gasteiger partial charge in [0, 0.05) is 12.1 Å². The highest BCUT2D eigenvalue weighted by Crippen LogP contribution is 2.10. The summed E-state index contributed by atoms with van der Waals surface area (Å²) in [6, 6.07) is 8.63. The second kappa shape index (κ2) is 4.61. The van der Waals surface area contributed by atoms with Crippen LogP contribution in [0.4, 0.5) is 0 Å². The van der Waals surface area contributed by atoms with Crippen molar-refractivity contribution in [3.63, 3.8) is 0 Å². The highest BCUT2D eigenvalue weighted by atomic mass is 14.9. The summed E-state index contributed by atoms with van der Waals surface area (Å²) in [6.45, 7) is 9.76. The van der Waals surface area contributed by atoms with Crippen molar-refractivity contribution < 1.29 is 0 Å². The Labute approximate surface area is 87.5 Å². The van der Waals surface area contributed by atoms with E-state index >= 15 is 0 Å². The molecule has 0 aliphatic carbocycles. The lowest BCUT2D eigenvalue weighted by Gasteiger charge is -2.21. The molecule has 0 amide bonds. The molecule has 0 unspecified atom stereocenters. The maximum Gasteiger partial charge on any atom is 0.0213 e. The van der Waals surface area contributed by atoms with Crippen LogP contribution in [0.2, 0.25) is 0 Å². The molecule has 1 aromatic carbocycles. The minimum atomic E-state index is 0.195. The zero-order valence-electron chi connectivity index (χ0n) is 9.72. The van der Waals surface area contributed by atoms with Crippen molar-refractivity contribution in [1.29, 1.82) is 0 Å². The van der Waals surface area contributed by atoms with Crippen LogP contribution in [0.5, 0.6) is 0 Å². The standard InChI is InChI=1S/C13H21N/c1-5-11-8-6-7-9-12(11)10-14-13(2,3)4/h6-9,14H,5,10H2,1-4H3. The molecule has 0 fully saturated rings. The average Bonchev–Trinajstić information content (AvgIpc) is 2.14. The van der Waals surface area contributed by atoms with Crippen molar-refractivity contribution in [3.05, 3.63) is 35.4 Å². The van der Waals surface area contributed by atoms with Gasteiger partial charge in [0.15, 0.2) is 0 Å². The van der Waals surface area contributed by atoms with Crippen LogP contribution >= 0.6 is 0 Å². The molecule has 14 heavy (non-hydrogen) atoms. The fourth-order valence-electron chi connectivity index (χ4n) is 1.44. The van der Waals surface area contributed by atoms with Crippen molar-refractivity contribution in [2.45, 2.75) is 46.2 Å². The van der Waals surface area contributed by atoms with E-state index in [-0.39, 0.29) is 5.54 Å². The van der Waals surface area contributed by atoms with E-state index < -0.39 is 0 Å². The first kappa shape index (κ1) is 11.3. The van der Waals surface area contributed by atoms with Gasteiger partial charge in [-0.05, 0) is 38.3 Å². The number of hydrogen-bond donors (Lipinski definition) is 1. The highest BCUT2D eigenvalue weighted by molar-refractivity contribution is 5.26. The van der Waals surface area contributed by atoms with E-state index in [1.807, 2.05) is 0 Å². The predicted molar refractivity (Wildman–Crippen MR) is 62.4 cm³/mol. The van der Waals surface area contributed by atoms with E-state index in [0.29, 0.717) is 0 Å². The Kier molecular flexibility index (Phi) is 3.70. The van der Waals surface area contributed by atoms with Crippen LogP contribution in [0.3, 0.4) is 0 Å². The third kappa shape index (κ3) is 3.51. The van der Waals surface area contributed by atoms with E-state index in [0.717, 1.165) is 13.0 Å². The molecule has 1 aromatic rings. The Bertz CT molecular complexity index is 284. The number of rotatable bonds is 3. The van der Waals surface area contributed by atoms with Gasteiger partial charge in [0.1, 0.15) is 0 Å². The Morgan fingerprint density at radius 1 is 1.07 bits per heavy atom. The third-order valence-corrected chi connectivity index (χ3v) is 2.31. The Hall–Kier alpha value is -0.820. The smallest absolute Gasteiger partial charge is 0.0213 e. The van der Waals surface area contributed by atoms with Crippen LogP contribution in [0.25, 0.3) is 0 Å². The summed E-state index contributed by atoms with van der Waals surface area (Å²) in [5.41, 5.74) is 3.06. The van der Waals surface area contributed by atoms with Crippen LogP contribution in [0, 0.1) is 0 Å². The quantitative estimate of drug-likeness (QED) is 0.774. The third-order valence-electron chi connectivity index (χ3n) is 2.31. The van der Waals surface area contributed by atoms with Crippen molar-refractivity contribution in [3.8, 4) is 0 Å². The summed E-state index contributed by atoms with van der Waals surface area (Å²) in [5.74, 6) is 0. The second-order valence-corrected chi connectivity index (χ2v) is 4.73. The monoisotopic (exact) mass is 191 g/mol. The lowest BCUT2D eigenvalue weighted by Crippen LogP contribution is -2.35. The van der Waals surface area contributed by atoms with Crippen LogP contribution in [0.1, 0.15) is 38.8 Å². The van der Waals surface area contributed by atoms with Crippen LogP contribution in [0.15, 0.2) is 24.3 Å². The van der Waals surface area contributed by atoms with Gasteiger partial charge in [0.25, 0.3) is 0 Å². The van der Waals surface area contributed by atoms with Crippen molar-refractivity contribution >= 4 is 0 Å². The molecule has 0 saturated heterocycles. The molecule has 0 bridgehead atoms. The minimum Gasteiger partial charge on any atom is -0.308 e. The van der Waals surface area contributed by atoms with Crippen LogP contribution in [-0.2, 0) is 13.0 Å². The van der Waals surface area contributed by atoms with Crippen LogP contribution < -0.4 is 5.32 Å². The summed E-state index contributed by atoms with van der Waals surface area (Å²) in [5, 5.41) is 3.51. The van der Waals surface area contributed by atoms with Gasteiger partial charge >= 0.3 is 0 Å². The first-order valence-corrected chi connectivity index (χ1v) is 5.35. The van der Waals surface area contributed by atoms with Crippen LogP contribution in [-0.4, -0.2) is 5.54 Å². The maximum absolute atomic E-state index is 3.51. The lowest BCUT2D eigenvalue weighted by atomic mass is 10.0. The number of aryl methyl sites for hydroxylation is 1. The summed E-state index contributed by atoms with van der Waals surface area (Å²) < 4.78 is 0. The van der Waals surface area contributed by atoms with Gasteiger partial charge in [-0.15, -0.1) is 0 Å². The van der Waals surface area contributed by atoms with E-state index in [2.05, 4.69) is 57.3 Å². The number of hydrogen-bond acceptors (Lipinski definition) is 1. The zero-order chi connectivity index (χ0) is 10.6. The molecule has 0 aliphatic rings. The van der Waals surface area contributed by atoms with Crippen molar-refractivity contribution in [2.24, 2.45) is 0 Å². The van der Waals surface area contributed by atoms with Gasteiger partial charge < -0.3 is 5.32 Å². The normalized spacial score (nSPS) is 11.7. The van der Waals surface area contributed by atoms with Gasteiger partial charge in [-0.25, -0.2) is 0 Å². The van der Waals surface area contributed by atoms with Gasteiger partial charge in [0.05, 0.1) is 0 Å². The topological polar surface area (TPSA) is 12.0 Å².